The number of hydrogen-bond acceptors (Lipinski definition) is 14. The van der Waals surface area contributed by atoms with Crippen LogP contribution in [0.1, 0.15) is 55.0 Å². The maximum Gasteiger partial charge on any atom is 0.267 e. The summed E-state index contributed by atoms with van der Waals surface area (Å²) in [5.74, 6) is 1.17. The summed E-state index contributed by atoms with van der Waals surface area (Å²) in [7, 11) is 0. The first-order valence-corrected chi connectivity index (χ1v) is 20.2. The van der Waals surface area contributed by atoms with Crippen LogP contribution in [-0.4, -0.2) is 108 Å². The number of amides is 2. The van der Waals surface area contributed by atoms with Crippen LogP contribution >= 0.6 is 35.6 Å². The first-order chi connectivity index (χ1) is 27.6. The molecule has 5 aromatic rings. The molecule has 1 saturated heterocycles. The molecule has 17 heteroatoms. The molecule has 0 saturated carbocycles. The van der Waals surface area contributed by atoms with Crippen LogP contribution in [0.3, 0.4) is 0 Å². The average Bonchev–Trinajstić information content (AvgIpc) is 3.67. The number of ketones is 1. The Hall–Kier alpha value is -5.00. The molecule has 6 rings (SSSR count). The number of para-hydroxylation sites is 2. The van der Waals surface area contributed by atoms with Gasteiger partial charge in [0.05, 0.1) is 64.6 Å². The summed E-state index contributed by atoms with van der Waals surface area (Å²) in [6.45, 7) is 8.38. The van der Waals surface area contributed by atoms with Gasteiger partial charge in [-0.05, 0) is 44.0 Å². The van der Waals surface area contributed by atoms with Gasteiger partial charge >= 0.3 is 0 Å². The van der Waals surface area contributed by atoms with Gasteiger partial charge in [-0.3, -0.25) is 24.3 Å². The van der Waals surface area contributed by atoms with Crippen LogP contribution in [0.15, 0.2) is 71.0 Å². The first kappa shape index (κ1) is 41.6. The number of ether oxygens (including phenoxy) is 1. The number of aromatic nitrogens is 4. The van der Waals surface area contributed by atoms with Gasteiger partial charge in [0.2, 0.25) is 0 Å². The monoisotopic (exact) mass is 829 g/mol. The van der Waals surface area contributed by atoms with Gasteiger partial charge in [-0.1, -0.05) is 41.0 Å². The molecule has 0 aliphatic carbocycles. The van der Waals surface area contributed by atoms with E-state index in [0.29, 0.717) is 66.0 Å². The Bertz CT molecular complexity index is 2210. The molecule has 57 heavy (non-hydrogen) atoms. The number of oxime groups is 1. The van der Waals surface area contributed by atoms with Crippen LogP contribution in [0.4, 0.5) is 11.5 Å². The fourth-order valence-electron chi connectivity index (χ4n) is 6.17. The number of carbonyl (C=O) groups excluding carboxylic acids is 3. The van der Waals surface area contributed by atoms with Crippen molar-refractivity contribution in [2.24, 2.45) is 5.16 Å². The van der Waals surface area contributed by atoms with E-state index < -0.39 is 0 Å². The quantitative estimate of drug-likeness (QED) is 0.0423. The van der Waals surface area contributed by atoms with Gasteiger partial charge < -0.3 is 25.1 Å². The molecule has 0 spiro atoms. The number of halogens is 1. The van der Waals surface area contributed by atoms with Crippen LogP contribution in [0, 0.1) is 13.8 Å². The highest BCUT2D eigenvalue weighted by Crippen LogP contribution is 2.27. The van der Waals surface area contributed by atoms with E-state index in [1.54, 1.807) is 18.3 Å². The number of anilines is 2. The molecule has 2 amide bonds. The molecule has 298 valence electrons. The van der Waals surface area contributed by atoms with Crippen molar-refractivity contribution < 1.29 is 24.0 Å². The number of nitrogens with zero attached hydrogens (tertiary/aromatic N) is 7. The number of aryl methyl sites for hydroxylation is 2. The highest BCUT2D eigenvalue weighted by molar-refractivity contribution is 7.80. The lowest BCUT2D eigenvalue weighted by Gasteiger charge is -2.35. The number of thiol groups is 1. The van der Waals surface area contributed by atoms with Crippen LogP contribution < -0.4 is 15.5 Å². The number of hydrogen-bond donors (Lipinski definition) is 3. The lowest BCUT2D eigenvalue weighted by molar-refractivity contribution is -0.120. The van der Waals surface area contributed by atoms with Crippen molar-refractivity contribution in [3.8, 4) is 0 Å². The Morgan fingerprint density at radius 1 is 0.982 bits per heavy atom. The van der Waals surface area contributed by atoms with Crippen molar-refractivity contribution in [1.29, 1.82) is 0 Å². The molecule has 0 radical (unpaired) electrons. The third-order valence-electron chi connectivity index (χ3n) is 9.06. The van der Waals surface area contributed by atoms with Gasteiger partial charge in [-0.25, -0.2) is 15.0 Å². The van der Waals surface area contributed by atoms with Crippen LogP contribution in [0.25, 0.3) is 10.9 Å². The second-order valence-electron chi connectivity index (χ2n) is 13.4. The predicted molar refractivity (Wildman–Crippen MR) is 225 cm³/mol. The number of rotatable bonds is 18. The molecule has 0 unspecified atom stereocenters. The molecule has 2 aromatic carbocycles. The molecular formula is C40H44ClN9O5S2. The summed E-state index contributed by atoms with van der Waals surface area (Å²) in [6.07, 6.45) is 6.11. The molecule has 2 N–H and O–H groups in total. The number of Topliss-reactive ketones (excluding diaryl/α,β-unsaturated/α-hetero) is 1. The second kappa shape index (κ2) is 20.4. The van der Waals surface area contributed by atoms with Gasteiger partial charge in [0.1, 0.15) is 28.9 Å². The van der Waals surface area contributed by atoms with Gasteiger partial charge in [0, 0.05) is 68.2 Å². The fraction of sp³-hybridized carbons (Fsp3) is 0.350. The SMILES string of the molecule is Cc1nc(Cc2ncc(C(=O)Nc3c(C)cccc3Cl)s2)cc(N2CCN(CC(=O)CCCOCCO/N=C\CNC(=O)c3cnc4c(S)cccc4c3)CC2)n1. The van der Waals surface area contributed by atoms with E-state index in [1.165, 1.54) is 23.7 Å². The lowest BCUT2D eigenvalue weighted by atomic mass is 10.1. The minimum absolute atomic E-state index is 0.180. The number of carbonyl (C=O) groups is 3. The smallest absolute Gasteiger partial charge is 0.267 e. The summed E-state index contributed by atoms with van der Waals surface area (Å²) in [4.78, 5) is 67.0. The lowest BCUT2D eigenvalue weighted by Crippen LogP contribution is -2.48. The molecular weight excluding hydrogens is 786 g/mol. The second-order valence-corrected chi connectivity index (χ2v) is 15.4. The van der Waals surface area contributed by atoms with E-state index >= 15 is 0 Å². The highest BCUT2D eigenvalue weighted by Gasteiger charge is 2.21. The standard InChI is InChI=1S/C40H44ClN9O5S2/c1-26-6-3-9-32(41)37(26)48-40(53)34-24-43-36(57-34)22-30-21-35(47-27(2)46-30)50-15-13-49(14-16-50)25-31(51)8-5-17-54-18-19-55-45-12-11-42-39(52)29-20-28-7-4-10-33(56)38(28)44-23-29/h3-4,6-7,9-10,12,20-21,23-24,56H,5,8,11,13-19,22,25H2,1-2H3,(H,42,52)(H,48,53)/b45-12-. The Labute approximate surface area is 345 Å². The van der Waals surface area contributed by atoms with Gasteiger partial charge in [0.15, 0.2) is 0 Å². The number of benzene rings is 2. The van der Waals surface area contributed by atoms with Crippen LogP contribution in [0.5, 0.6) is 0 Å². The molecule has 1 aliphatic rings. The minimum Gasteiger partial charge on any atom is -0.394 e. The topological polar surface area (TPSA) is 164 Å². The van der Waals surface area contributed by atoms with E-state index in [9.17, 15) is 14.4 Å². The number of piperazine rings is 1. The first-order valence-electron chi connectivity index (χ1n) is 18.5. The Morgan fingerprint density at radius 2 is 1.81 bits per heavy atom. The van der Waals surface area contributed by atoms with Gasteiger partial charge in [-0.15, -0.1) is 24.0 Å². The number of pyridine rings is 1. The minimum atomic E-state index is -0.262. The van der Waals surface area contributed by atoms with E-state index in [2.05, 4.69) is 58.2 Å². The third-order valence-corrected chi connectivity index (χ3v) is 10.7. The summed E-state index contributed by atoms with van der Waals surface area (Å²) < 4.78 is 5.59. The van der Waals surface area contributed by atoms with Gasteiger partial charge in [-0.2, -0.15) is 0 Å². The van der Waals surface area contributed by atoms with Crippen molar-refractivity contribution in [2.75, 3.05) is 69.3 Å². The van der Waals surface area contributed by atoms with Gasteiger partial charge in [0.25, 0.3) is 11.8 Å². The average molecular weight is 830 g/mol. The Kier molecular flexibility index (Phi) is 14.9. The van der Waals surface area contributed by atoms with E-state index in [-0.39, 0.29) is 30.7 Å². The van der Waals surface area contributed by atoms with Crippen molar-refractivity contribution in [2.45, 2.75) is 38.0 Å². The van der Waals surface area contributed by atoms with Crippen LogP contribution in [0.2, 0.25) is 5.02 Å². The van der Waals surface area contributed by atoms with E-state index in [1.807, 2.05) is 50.2 Å². The fourth-order valence-corrected chi connectivity index (χ4v) is 7.54. The zero-order valence-corrected chi connectivity index (χ0v) is 34.2. The molecule has 14 nitrogen and oxygen atoms in total. The molecule has 1 fully saturated rings. The predicted octanol–water partition coefficient (Wildman–Crippen LogP) is 5.80. The van der Waals surface area contributed by atoms with Crippen molar-refractivity contribution in [1.82, 2.24) is 30.2 Å². The Balaban J connectivity index is 0.827. The van der Waals surface area contributed by atoms with E-state index in [4.69, 9.17) is 21.2 Å². The van der Waals surface area contributed by atoms with Crippen molar-refractivity contribution in [3.05, 3.63) is 98.5 Å². The summed E-state index contributed by atoms with van der Waals surface area (Å²) in [5.41, 5.74) is 3.49. The maximum absolute atomic E-state index is 12.9. The molecule has 0 atom stereocenters. The van der Waals surface area contributed by atoms with Crippen molar-refractivity contribution >= 4 is 81.8 Å². The Morgan fingerprint density at radius 3 is 2.63 bits per heavy atom. The summed E-state index contributed by atoms with van der Waals surface area (Å²) in [6, 6.07) is 14.8. The number of fused-ring (bicyclic) bond motifs is 1. The molecule has 1 aliphatic heterocycles. The van der Waals surface area contributed by atoms with Crippen LogP contribution in [-0.2, 0) is 20.8 Å². The maximum atomic E-state index is 12.9. The highest BCUT2D eigenvalue weighted by atomic mass is 35.5. The molecule has 0 bridgehead atoms. The molecule has 3 aromatic heterocycles. The zero-order chi connectivity index (χ0) is 40.1. The van der Waals surface area contributed by atoms with Crippen molar-refractivity contribution in [3.63, 3.8) is 0 Å². The number of thiazole rings is 1. The number of nitrogens with one attached hydrogen (secondary N) is 2. The normalized spacial score (nSPS) is 13.3. The largest absolute Gasteiger partial charge is 0.394 e. The van der Waals surface area contributed by atoms with E-state index in [0.717, 1.165) is 64.1 Å². The molecule has 4 heterocycles. The zero-order valence-electron chi connectivity index (χ0n) is 31.7. The summed E-state index contributed by atoms with van der Waals surface area (Å²) >= 11 is 12.0. The summed E-state index contributed by atoms with van der Waals surface area (Å²) in [5, 5.41) is 11.6. The third kappa shape index (κ3) is 12.0.